The second-order valence-electron chi connectivity index (χ2n) is 6.07. The second kappa shape index (κ2) is 9.18. The van der Waals surface area contributed by atoms with Gasteiger partial charge in [-0.3, -0.25) is 4.79 Å². The Morgan fingerprint density at radius 1 is 1.11 bits per heavy atom. The predicted octanol–water partition coefficient (Wildman–Crippen LogP) is 1.98. The van der Waals surface area contributed by atoms with Crippen LogP contribution in [0.4, 0.5) is 5.82 Å². The number of hydrogen-bond donors (Lipinski definition) is 0. The minimum atomic E-state index is -0.609. The Bertz CT molecular complexity index is 831. The first-order valence-electron chi connectivity index (χ1n) is 8.83. The van der Waals surface area contributed by atoms with Crippen LogP contribution in [-0.2, 0) is 9.47 Å². The molecule has 0 radical (unpaired) electrons. The molecular weight excluding hydrogens is 364 g/mol. The number of methoxy groups -OCH3 is 2. The Morgan fingerprint density at radius 3 is 2.54 bits per heavy atom. The Kier molecular flexibility index (Phi) is 6.44. The number of morpholine rings is 1. The highest BCUT2D eigenvalue weighted by molar-refractivity contribution is 6.01. The van der Waals surface area contributed by atoms with Crippen LogP contribution in [0.1, 0.15) is 20.7 Å². The number of hydrogen-bond acceptors (Lipinski definition) is 8. The zero-order valence-corrected chi connectivity index (χ0v) is 15.8. The third-order valence-corrected chi connectivity index (χ3v) is 4.36. The Morgan fingerprint density at radius 2 is 1.89 bits per heavy atom. The summed E-state index contributed by atoms with van der Waals surface area (Å²) < 4.78 is 20.8. The van der Waals surface area contributed by atoms with Gasteiger partial charge >= 0.3 is 5.97 Å². The number of ether oxygens (including phenoxy) is 4. The molecule has 3 rings (SSSR count). The Labute approximate surface area is 163 Å². The van der Waals surface area contributed by atoms with E-state index in [-0.39, 0.29) is 11.3 Å². The van der Waals surface area contributed by atoms with E-state index in [1.54, 1.807) is 30.3 Å². The minimum absolute atomic E-state index is 0.284. The molecule has 1 aliphatic heterocycles. The SMILES string of the molecule is COc1ccc(C(=O)COC(=O)c2ccc(N3CCOCC3)nc2)c(OC)c1. The Hall–Kier alpha value is -3.13. The van der Waals surface area contributed by atoms with Crippen LogP contribution in [-0.4, -0.2) is 63.9 Å². The first-order valence-corrected chi connectivity index (χ1v) is 8.83. The summed E-state index contributed by atoms with van der Waals surface area (Å²) in [6.07, 6.45) is 1.45. The highest BCUT2D eigenvalue weighted by Gasteiger charge is 2.17. The van der Waals surface area contributed by atoms with Crippen LogP contribution in [0.15, 0.2) is 36.5 Å². The van der Waals surface area contributed by atoms with Crippen LogP contribution < -0.4 is 14.4 Å². The van der Waals surface area contributed by atoms with Gasteiger partial charge in [-0.15, -0.1) is 0 Å². The van der Waals surface area contributed by atoms with Crippen molar-refractivity contribution in [3.05, 3.63) is 47.7 Å². The number of benzene rings is 1. The largest absolute Gasteiger partial charge is 0.497 e. The molecule has 0 saturated carbocycles. The Balaban J connectivity index is 1.60. The van der Waals surface area contributed by atoms with Crippen LogP contribution in [0.2, 0.25) is 0 Å². The third kappa shape index (κ3) is 4.58. The number of pyridine rings is 1. The summed E-state index contributed by atoms with van der Waals surface area (Å²) in [5, 5.41) is 0. The second-order valence-corrected chi connectivity index (χ2v) is 6.07. The monoisotopic (exact) mass is 386 g/mol. The molecule has 8 heteroatoms. The van der Waals surface area contributed by atoms with Crippen LogP contribution in [0.5, 0.6) is 11.5 Å². The highest BCUT2D eigenvalue weighted by Crippen LogP contribution is 2.25. The average Bonchev–Trinajstić information content (AvgIpc) is 2.77. The molecule has 0 aliphatic carbocycles. The maximum atomic E-state index is 12.4. The standard InChI is InChI=1S/C20H22N2O6/c1-25-15-4-5-16(18(11-15)26-2)17(23)13-28-20(24)14-3-6-19(21-12-14)22-7-9-27-10-8-22/h3-6,11-12H,7-10,13H2,1-2H3. The van der Waals surface area contributed by atoms with Crippen molar-refractivity contribution in [2.75, 3.05) is 52.0 Å². The van der Waals surface area contributed by atoms with Gasteiger partial charge < -0.3 is 23.8 Å². The number of carbonyl (C=O) groups excluding carboxylic acids is 2. The average molecular weight is 386 g/mol. The fraction of sp³-hybridized carbons (Fsp3) is 0.350. The molecule has 0 spiro atoms. The van der Waals surface area contributed by atoms with Gasteiger partial charge in [0.15, 0.2) is 6.61 Å². The van der Waals surface area contributed by atoms with Crippen molar-refractivity contribution in [2.24, 2.45) is 0 Å². The smallest absolute Gasteiger partial charge is 0.340 e. The number of Topliss-reactive ketones (excluding diaryl/α,β-unsaturated/α-hetero) is 1. The fourth-order valence-electron chi connectivity index (χ4n) is 2.81. The van der Waals surface area contributed by atoms with E-state index in [9.17, 15) is 9.59 Å². The van der Waals surface area contributed by atoms with Gasteiger partial charge in [0.05, 0.1) is 38.6 Å². The van der Waals surface area contributed by atoms with E-state index < -0.39 is 12.6 Å². The van der Waals surface area contributed by atoms with Crippen molar-refractivity contribution in [3.63, 3.8) is 0 Å². The number of nitrogens with zero attached hydrogens (tertiary/aromatic N) is 2. The summed E-state index contributed by atoms with van der Waals surface area (Å²) in [6.45, 7) is 2.43. The molecule has 0 atom stereocenters. The van der Waals surface area contributed by atoms with Gasteiger partial charge in [0, 0.05) is 25.4 Å². The van der Waals surface area contributed by atoms with Gasteiger partial charge in [0.1, 0.15) is 17.3 Å². The first-order chi connectivity index (χ1) is 13.6. The van der Waals surface area contributed by atoms with E-state index >= 15 is 0 Å². The summed E-state index contributed by atoms with van der Waals surface area (Å²) in [5.41, 5.74) is 0.600. The molecule has 1 fully saturated rings. The van der Waals surface area contributed by atoms with Crippen molar-refractivity contribution in [1.29, 1.82) is 0 Å². The van der Waals surface area contributed by atoms with Crippen molar-refractivity contribution in [3.8, 4) is 11.5 Å². The summed E-state index contributed by atoms with van der Waals surface area (Å²) in [4.78, 5) is 31.0. The zero-order chi connectivity index (χ0) is 19.9. The molecule has 0 unspecified atom stereocenters. The van der Waals surface area contributed by atoms with E-state index in [1.807, 2.05) is 0 Å². The van der Waals surface area contributed by atoms with E-state index in [0.717, 1.165) is 18.9 Å². The predicted molar refractivity (Wildman–Crippen MR) is 101 cm³/mol. The number of ketones is 1. The quantitative estimate of drug-likeness (QED) is 0.527. The van der Waals surface area contributed by atoms with Gasteiger partial charge in [-0.2, -0.15) is 0 Å². The maximum absolute atomic E-state index is 12.4. The van der Waals surface area contributed by atoms with Crippen molar-refractivity contribution in [2.45, 2.75) is 0 Å². The van der Waals surface area contributed by atoms with Gasteiger partial charge in [-0.25, -0.2) is 9.78 Å². The number of carbonyl (C=O) groups is 2. The molecular formula is C20H22N2O6. The van der Waals surface area contributed by atoms with Crippen LogP contribution in [0.3, 0.4) is 0 Å². The first kappa shape index (κ1) is 19.6. The number of aromatic nitrogens is 1. The minimum Gasteiger partial charge on any atom is -0.497 e. The van der Waals surface area contributed by atoms with Gasteiger partial charge in [0.25, 0.3) is 0 Å². The molecule has 2 heterocycles. The topological polar surface area (TPSA) is 87.2 Å². The summed E-state index contributed by atoms with van der Waals surface area (Å²) in [6, 6.07) is 8.22. The number of esters is 1. The van der Waals surface area contributed by atoms with Crippen molar-refractivity contribution < 1.29 is 28.5 Å². The lowest BCUT2D eigenvalue weighted by molar-refractivity contribution is 0.0473. The molecule has 1 saturated heterocycles. The van der Waals surface area contributed by atoms with Gasteiger partial charge in [0.2, 0.25) is 5.78 Å². The molecule has 28 heavy (non-hydrogen) atoms. The molecule has 0 amide bonds. The summed E-state index contributed by atoms with van der Waals surface area (Å²) >= 11 is 0. The molecule has 148 valence electrons. The summed E-state index contributed by atoms with van der Waals surface area (Å²) in [5.74, 6) is 0.722. The molecule has 0 bridgehead atoms. The van der Waals surface area contributed by atoms with E-state index in [2.05, 4.69) is 9.88 Å². The lowest BCUT2D eigenvalue weighted by Crippen LogP contribution is -2.36. The fourth-order valence-corrected chi connectivity index (χ4v) is 2.81. The van der Waals surface area contributed by atoms with Crippen LogP contribution >= 0.6 is 0 Å². The molecule has 8 nitrogen and oxygen atoms in total. The molecule has 1 aromatic carbocycles. The van der Waals surface area contributed by atoms with Gasteiger partial charge in [-0.1, -0.05) is 0 Å². The lowest BCUT2D eigenvalue weighted by Gasteiger charge is -2.27. The van der Waals surface area contributed by atoms with Crippen LogP contribution in [0, 0.1) is 0 Å². The van der Waals surface area contributed by atoms with Crippen molar-refractivity contribution in [1.82, 2.24) is 4.98 Å². The maximum Gasteiger partial charge on any atom is 0.340 e. The van der Waals surface area contributed by atoms with E-state index in [1.165, 1.54) is 20.4 Å². The molecule has 0 N–H and O–H groups in total. The van der Waals surface area contributed by atoms with Gasteiger partial charge in [-0.05, 0) is 24.3 Å². The molecule has 1 aliphatic rings. The number of anilines is 1. The molecule has 2 aromatic rings. The number of rotatable bonds is 7. The highest BCUT2D eigenvalue weighted by atomic mass is 16.5. The van der Waals surface area contributed by atoms with E-state index in [0.29, 0.717) is 30.3 Å². The van der Waals surface area contributed by atoms with E-state index in [4.69, 9.17) is 18.9 Å². The van der Waals surface area contributed by atoms with Crippen molar-refractivity contribution >= 4 is 17.6 Å². The normalized spacial score (nSPS) is 13.7. The zero-order valence-electron chi connectivity index (χ0n) is 15.8. The lowest BCUT2D eigenvalue weighted by atomic mass is 10.1. The summed E-state index contributed by atoms with van der Waals surface area (Å²) in [7, 11) is 2.98. The third-order valence-electron chi connectivity index (χ3n) is 4.36. The molecule has 1 aromatic heterocycles. The van der Waals surface area contributed by atoms with Crippen LogP contribution in [0.25, 0.3) is 0 Å².